The average molecular weight is 599 g/mol. The number of nitrogens with zero attached hydrogens (tertiary/aromatic N) is 3. The summed E-state index contributed by atoms with van der Waals surface area (Å²) in [4.78, 5) is 19.9. The van der Waals surface area contributed by atoms with E-state index in [0.717, 1.165) is 44.3 Å². The monoisotopic (exact) mass is 598 g/mol. The largest absolute Gasteiger partial charge is 0.492 e. The summed E-state index contributed by atoms with van der Waals surface area (Å²) in [7, 11) is -2.15. The van der Waals surface area contributed by atoms with E-state index in [9.17, 15) is 21.6 Å². The summed E-state index contributed by atoms with van der Waals surface area (Å²) in [5, 5.41) is 13.5. The number of rotatable bonds is 10. The lowest BCUT2D eigenvalue weighted by atomic mass is 10.3. The highest BCUT2D eigenvalue weighted by molar-refractivity contribution is 7.89. The van der Waals surface area contributed by atoms with Crippen LogP contribution in [0.1, 0.15) is 0 Å². The van der Waals surface area contributed by atoms with Gasteiger partial charge < -0.3 is 25.2 Å². The molecule has 0 spiro atoms. The summed E-state index contributed by atoms with van der Waals surface area (Å²) in [6, 6.07) is 15.9. The molecule has 4 rings (SSSR count). The summed E-state index contributed by atoms with van der Waals surface area (Å²) in [6.07, 6.45) is -3.65. The molecule has 4 N–H and O–H groups in total. The summed E-state index contributed by atoms with van der Waals surface area (Å²) in [5.41, 5.74) is 1.45. The molecule has 2 heterocycles. The quantitative estimate of drug-likeness (QED) is 0.272. The molecule has 0 saturated carbocycles. The average Bonchev–Trinajstić information content (AvgIpc) is 2.95. The minimum Gasteiger partial charge on any atom is -0.492 e. The molecule has 0 radical (unpaired) electrons. The van der Waals surface area contributed by atoms with Gasteiger partial charge in [-0.1, -0.05) is 6.07 Å². The van der Waals surface area contributed by atoms with Gasteiger partial charge in [0.1, 0.15) is 30.3 Å². The van der Waals surface area contributed by atoms with Gasteiger partial charge in [-0.25, -0.2) is 27.9 Å². The minimum atomic E-state index is -5.08. The predicted molar refractivity (Wildman–Crippen MR) is 144 cm³/mol. The van der Waals surface area contributed by atoms with Crippen molar-refractivity contribution in [1.29, 1.82) is 0 Å². The maximum atomic E-state index is 12.0. The molecule has 1 saturated heterocycles. The first kappa shape index (κ1) is 31.5. The molecule has 0 aliphatic carbocycles. The zero-order chi connectivity index (χ0) is 29.9. The van der Waals surface area contributed by atoms with Gasteiger partial charge in [0.05, 0.1) is 18.1 Å². The molecule has 16 heteroatoms. The van der Waals surface area contributed by atoms with E-state index in [0.29, 0.717) is 23.9 Å². The van der Waals surface area contributed by atoms with Crippen LogP contribution in [0.25, 0.3) is 0 Å². The second-order valence-corrected chi connectivity index (χ2v) is 10.3. The Labute approximate surface area is 234 Å². The first-order valence-corrected chi connectivity index (χ1v) is 13.7. The highest BCUT2D eigenvalue weighted by atomic mass is 32.2. The number of nitrogens with one attached hydrogen (secondary N) is 3. The van der Waals surface area contributed by atoms with Gasteiger partial charge in [-0.3, -0.25) is 4.90 Å². The molecule has 1 aliphatic rings. The number of carboxylic acids is 1. The van der Waals surface area contributed by atoms with Gasteiger partial charge in [-0.2, -0.15) is 13.2 Å². The van der Waals surface area contributed by atoms with E-state index in [2.05, 4.69) is 30.2 Å². The van der Waals surface area contributed by atoms with Crippen LogP contribution in [0.5, 0.6) is 5.75 Å². The highest BCUT2D eigenvalue weighted by Crippen LogP contribution is 2.23. The Bertz CT molecular complexity index is 1390. The van der Waals surface area contributed by atoms with Crippen LogP contribution >= 0.6 is 0 Å². The van der Waals surface area contributed by atoms with Gasteiger partial charge in [-0.15, -0.1) is 0 Å². The number of aromatic nitrogens is 2. The van der Waals surface area contributed by atoms with E-state index in [1.807, 2.05) is 24.3 Å². The number of morpholine rings is 1. The van der Waals surface area contributed by atoms with Crippen molar-refractivity contribution in [2.24, 2.45) is 0 Å². The van der Waals surface area contributed by atoms with Crippen molar-refractivity contribution in [2.75, 3.05) is 57.1 Å². The predicted octanol–water partition coefficient (Wildman–Crippen LogP) is 3.22. The van der Waals surface area contributed by atoms with E-state index >= 15 is 0 Å². The van der Waals surface area contributed by atoms with E-state index in [1.165, 1.54) is 19.4 Å². The molecule has 1 aliphatic heterocycles. The number of hydrogen-bond donors (Lipinski definition) is 4. The van der Waals surface area contributed by atoms with E-state index in [-0.39, 0.29) is 4.90 Å². The molecule has 2 aromatic carbocycles. The molecule has 0 atom stereocenters. The van der Waals surface area contributed by atoms with Gasteiger partial charge in [0.15, 0.2) is 0 Å². The summed E-state index contributed by atoms with van der Waals surface area (Å²) in [5.74, 6) is -0.829. The fraction of sp³-hybridized carbons (Fsp3) is 0.320. The molecule has 1 fully saturated rings. The molecule has 1 aromatic heterocycles. The van der Waals surface area contributed by atoms with Crippen LogP contribution in [0.4, 0.5) is 36.2 Å². The SMILES string of the molecule is CNS(=O)(=O)c1cccc(Nc2cc(Nc3ccc(OCCN4CCOCC4)cc3)ncn2)c1.O=C(O)C(F)(F)F. The Morgan fingerprint density at radius 2 is 1.63 bits per heavy atom. The van der Waals surface area contributed by atoms with Crippen molar-refractivity contribution >= 4 is 39.0 Å². The van der Waals surface area contributed by atoms with Crippen LogP contribution < -0.4 is 20.1 Å². The zero-order valence-electron chi connectivity index (χ0n) is 21.9. The fourth-order valence-corrected chi connectivity index (χ4v) is 4.18. The van der Waals surface area contributed by atoms with Crippen molar-refractivity contribution in [3.05, 3.63) is 60.9 Å². The lowest BCUT2D eigenvalue weighted by Crippen LogP contribution is -2.38. The molecule has 0 bridgehead atoms. The Balaban J connectivity index is 0.000000587. The van der Waals surface area contributed by atoms with Gasteiger partial charge in [0.25, 0.3) is 0 Å². The molecule has 0 amide bonds. The first-order chi connectivity index (χ1) is 19.5. The maximum absolute atomic E-state index is 12.0. The Hall–Kier alpha value is -3.99. The summed E-state index contributed by atoms with van der Waals surface area (Å²) < 4.78 is 69.3. The number of carbonyl (C=O) groups is 1. The highest BCUT2D eigenvalue weighted by Gasteiger charge is 2.38. The van der Waals surface area contributed by atoms with Crippen molar-refractivity contribution < 1.29 is 41.0 Å². The Kier molecular flexibility index (Phi) is 11.2. The standard InChI is InChI=1S/C23H28N6O4S.C2HF3O2/c1-24-34(30,31)21-4-2-3-19(15-21)28-23-16-22(25-17-26-23)27-18-5-7-20(8-6-18)33-14-11-29-9-12-32-13-10-29;3-2(4,5)1(6)7/h2-8,15-17,24H,9-14H2,1H3,(H2,25,26,27,28);(H,6,7). The van der Waals surface area contributed by atoms with Crippen LogP contribution in [0.3, 0.4) is 0 Å². The summed E-state index contributed by atoms with van der Waals surface area (Å²) in [6.45, 7) is 4.97. The Morgan fingerprint density at radius 3 is 2.22 bits per heavy atom. The van der Waals surface area contributed by atoms with Crippen LogP contribution in [0.15, 0.2) is 65.8 Å². The van der Waals surface area contributed by atoms with E-state index < -0.39 is 22.2 Å². The zero-order valence-corrected chi connectivity index (χ0v) is 22.7. The number of ether oxygens (including phenoxy) is 2. The van der Waals surface area contributed by atoms with E-state index in [1.54, 1.807) is 24.3 Å². The number of benzene rings is 2. The van der Waals surface area contributed by atoms with Crippen molar-refractivity contribution in [1.82, 2.24) is 19.6 Å². The van der Waals surface area contributed by atoms with Crippen molar-refractivity contribution in [3.63, 3.8) is 0 Å². The lowest BCUT2D eigenvalue weighted by molar-refractivity contribution is -0.192. The first-order valence-electron chi connectivity index (χ1n) is 12.2. The third-order valence-corrected chi connectivity index (χ3v) is 6.91. The van der Waals surface area contributed by atoms with Gasteiger partial charge in [0, 0.05) is 37.1 Å². The van der Waals surface area contributed by atoms with E-state index in [4.69, 9.17) is 19.4 Å². The molecular formula is C25H29F3N6O6S. The van der Waals surface area contributed by atoms with Crippen molar-refractivity contribution in [2.45, 2.75) is 11.1 Å². The molecule has 12 nitrogen and oxygen atoms in total. The molecule has 0 unspecified atom stereocenters. The molecule has 41 heavy (non-hydrogen) atoms. The Morgan fingerprint density at radius 1 is 1.02 bits per heavy atom. The van der Waals surface area contributed by atoms with Crippen LogP contribution in [0.2, 0.25) is 0 Å². The maximum Gasteiger partial charge on any atom is 0.490 e. The second kappa shape index (κ2) is 14.6. The third kappa shape index (κ3) is 10.5. The number of halogens is 3. The number of hydrogen-bond acceptors (Lipinski definition) is 10. The number of aliphatic carboxylic acids is 1. The van der Waals surface area contributed by atoms with Crippen molar-refractivity contribution in [3.8, 4) is 5.75 Å². The normalized spacial score (nSPS) is 14.0. The second-order valence-electron chi connectivity index (χ2n) is 8.40. The van der Waals surface area contributed by atoms with Gasteiger partial charge in [-0.05, 0) is 49.5 Å². The number of sulfonamides is 1. The van der Waals surface area contributed by atoms with Crippen LogP contribution in [0, 0.1) is 0 Å². The van der Waals surface area contributed by atoms with Crippen LogP contribution in [-0.4, -0.2) is 87.0 Å². The number of alkyl halides is 3. The summed E-state index contributed by atoms with van der Waals surface area (Å²) >= 11 is 0. The van der Waals surface area contributed by atoms with Crippen LogP contribution in [-0.2, 0) is 19.6 Å². The third-order valence-electron chi connectivity index (χ3n) is 5.50. The topological polar surface area (TPSA) is 155 Å². The smallest absolute Gasteiger partial charge is 0.490 e. The van der Waals surface area contributed by atoms with Gasteiger partial charge >= 0.3 is 12.1 Å². The lowest BCUT2D eigenvalue weighted by Gasteiger charge is -2.26. The molecular weight excluding hydrogens is 569 g/mol. The number of carboxylic acid groups (broad SMARTS) is 1. The van der Waals surface area contributed by atoms with Gasteiger partial charge in [0.2, 0.25) is 10.0 Å². The molecule has 3 aromatic rings. The molecule has 222 valence electrons. The number of anilines is 4. The fourth-order valence-electron chi connectivity index (χ4n) is 3.40. The minimum absolute atomic E-state index is 0.166.